The first kappa shape index (κ1) is 11.5. The minimum atomic E-state index is 0.785. The van der Waals surface area contributed by atoms with Crippen LogP contribution in [0.5, 0.6) is 0 Å². The van der Waals surface area contributed by atoms with Crippen LogP contribution in [0.15, 0.2) is 12.3 Å². The molecule has 0 heterocycles. The molecule has 0 saturated carbocycles. The summed E-state index contributed by atoms with van der Waals surface area (Å²) in [7, 11) is 0. The van der Waals surface area contributed by atoms with Crippen LogP contribution in [-0.4, -0.2) is 18.0 Å². The number of hydrogen-bond acceptors (Lipinski definition) is 1. The van der Waals surface area contributed by atoms with Gasteiger partial charge in [0.1, 0.15) is 0 Å². The van der Waals surface area contributed by atoms with Gasteiger partial charge in [-0.2, -0.15) is 0 Å². The molecular formula is C11H23N. The van der Waals surface area contributed by atoms with Crippen LogP contribution in [0.3, 0.4) is 0 Å². The highest BCUT2D eigenvalue weighted by Crippen LogP contribution is 2.10. The molecule has 0 saturated heterocycles. The summed E-state index contributed by atoms with van der Waals surface area (Å²) in [5, 5.41) is 0. The van der Waals surface area contributed by atoms with Gasteiger partial charge in [-0.15, -0.1) is 0 Å². The molecule has 0 N–H and O–H groups in total. The van der Waals surface area contributed by atoms with Gasteiger partial charge in [0, 0.05) is 18.8 Å². The Labute approximate surface area is 77.5 Å². The Bertz CT molecular complexity index is 129. The third kappa shape index (κ3) is 3.80. The molecule has 0 rings (SSSR count). The number of allylic oxidation sites excluding steroid dienone is 1. The van der Waals surface area contributed by atoms with E-state index in [9.17, 15) is 0 Å². The van der Waals surface area contributed by atoms with Crippen molar-refractivity contribution in [1.82, 2.24) is 4.90 Å². The van der Waals surface area contributed by atoms with Crippen molar-refractivity contribution >= 4 is 0 Å². The third-order valence-corrected chi connectivity index (χ3v) is 2.47. The highest BCUT2D eigenvalue weighted by Gasteiger charge is 2.07. The molecule has 0 bridgehead atoms. The normalized spacial score (nSPS) is 12.7. The van der Waals surface area contributed by atoms with Crippen molar-refractivity contribution in [3.8, 4) is 0 Å². The van der Waals surface area contributed by atoms with Crippen molar-refractivity contribution in [2.24, 2.45) is 5.92 Å². The first-order chi connectivity index (χ1) is 5.65. The summed E-state index contributed by atoms with van der Waals surface area (Å²) in [6.45, 7) is 15.2. The smallest absolute Gasteiger partial charge is 0.0200 e. The second-order valence-corrected chi connectivity index (χ2v) is 3.47. The SMILES string of the molecule is C=C(CC)N(CC)CC(C)CC. The molecule has 0 fully saturated rings. The first-order valence-electron chi connectivity index (χ1n) is 5.08. The highest BCUT2D eigenvalue weighted by molar-refractivity contribution is 4.92. The molecular weight excluding hydrogens is 146 g/mol. The van der Waals surface area contributed by atoms with Crippen LogP contribution in [0.25, 0.3) is 0 Å². The molecule has 0 amide bonds. The van der Waals surface area contributed by atoms with Gasteiger partial charge in [0.05, 0.1) is 0 Å². The van der Waals surface area contributed by atoms with Gasteiger partial charge in [-0.3, -0.25) is 0 Å². The molecule has 0 aromatic rings. The number of rotatable bonds is 6. The van der Waals surface area contributed by atoms with E-state index in [2.05, 4.69) is 39.2 Å². The van der Waals surface area contributed by atoms with E-state index < -0.39 is 0 Å². The minimum Gasteiger partial charge on any atom is -0.375 e. The average Bonchev–Trinajstić information content (AvgIpc) is 2.12. The Hall–Kier alpha value is -0.460. The van der Waals surface area contributed by atoms with Gasteiger partial charge >= 0.3 is 0 Å². The molecule has 0 aromatic heterocycles. The lowest BCUT2D eigenvalue weighted by atomic mass is 10.1. The van der Waals surface area contributed by atoms with Gasteiger partial charge < -0.3 is 4.90 Å². The second-order valence-electron chi connectivity index (χ2n) is 3.47. The predicted octanol–water partition coefficient (Wildman–Crippen LogP) is 3.28. The van der Waals surface area contributed by atoms with Crippen LogP contribution in [0.1, 0.15) is 40.5 Å². The van der Waals surface area contributed by atoms with Crippen molar-refractivity contribution in [2.75, 3.05) is 13.1 Å². The molecule has 0 aromatic carbocycles. The Morgan fingerprint density at radius 3 is 2.25 bits per heavy atom. The number of nitrogens with zero attached hydrogens (tertiary/aromatic N) is 1. The first-order valence-corrected chi connectivity index (χ1v) is 5.08. The molecule has 0 aliphatic carbocycles. The zero-order valence-corrected chi connectivity index (χ0v) is 9.06. The van der Waals surface area contributed by atoms with Gasteiger partial charge in [-0.25, -0.2) is 0 Å². The van der Waals surface area contributed by atoms with Crippen LogP contribution in [-0.2, 0) is 0 Å². The summed E-state index contributed by atoms with van der Waals surface area (Å²) in [5.41, 5.74) is 1.28. The van der Waals surface area contributed by atoms with Gasteiger partial charge in [-0.05, 0) is 19.3 Å². The zero-order chi connectivity index (χ0) is 9.56. The monoisotopic (exact) mass is 169 g/mol. The fraction of sp³-hybridized carbons (Fsp3) is 0.818. The molecule has 0 aliphatic heterocycles. The lowest BCUT2D eigenvalue weighted by Gasteiger charge is -2.27. The molecule has 1 unspecified atom stereocenters. The van der Waals surface area contributed by atoms with E-state index in [0.29, 0.717) is 0 Å². The van der Waals surface area contributed by atoms with Crippen molar-refractivity contribution in [1.29, 1.82) is 0 Å². The van der Waals surface area contributed by atoms with E-state index in [4.69, 9.17) is 0 Å². The van der Waals surface area contributed by atoms with Crippen molar-refractivity contribution in [2.45, 2.75) is 40.5 Å². The molecule has 72 valence electrons. The lowest BCUT2D eigenvalue weighted by molar-refractivity contribution is 0.298. The summed E-state index contributed by atoms with van der Waals surface area (Å²) in [4.78, 5) is 2.38. The fourth-order valence-corrected chi connectivity index (χ4v) is 1.21. The quantitative estimate of drug-likeness (QED) is 0.590. The number of hydrogen-bond donors (Lipinski definition) is 0. The van der Waals surface area contributed by atoms with Crippen molar-refractivity contribution < 1.29 is 0 Å². The Kier molecular flexibility index (Phi) is 5.87. The molecule has 1 nitrogen and oxygen atoms in total. The molecule has 12 heavy (non-hydrogen) atoms. The largest absolute Gasteiger partial charge is 0.375 e. The standard InChI is InChI=1S/C11H23N/c1-6-10(4)9-12(8-3)11(5)7-2/h10H,5-9H2,1-4H3. The van der Waals surface area contributed by atoms with E-state index in [-0.39, 0.29) is 0 Å². The van der Waals surface area contributed by atoms with E-state index in [1.165, 1.54) is 18.7 Å². The second kappa shape index (κ2) is 6.10. The Morgan fingerprint density at radius 2 is 1.92 bits per heavy atom. The fourth-order valence-electron chi connectivity index (χ4n) is 1.21. The van der Waals surface area contributed by atoms with Crippen LogP contribution in [0, 0.1) is 5.92 Å². The molecule has 0 spiro atoms. The van der Waals surface area contributed by atoms with Crippen LogP contribution < -0.4 is 0 Å². The molecule has 1 heteroatoms. The minimum absolute atomic E-state index is 0.785. The highest BCUT2D eigenvalue weighted by atomic mass is 15.1. The van der Waals surface area contributed by atoms with E-state index >= 15 is 0 Å². The summed E-state index contributed by atoms with van der Waals surface area (Å²) in [5.74, 6) is 0.785. The molecule has 0 aliphatic rings. The van der Waals surface area contributed by atoms with E-state index in [1.807, 2.05) is 0 Å². The predicted molar refractivity (Wildman–Crippen MR) is 56.1 cm³/mol. The Balaban J connectivity index is 3.90. The average molecular weight is 169 g/mol. The van der Waals surface area contributed by atoms with E-state index in [0.717, 1.165) is 18.9 Å². The van der Waals surface area contributed by atoms with E-state index in [1.54, 1.807) is 0 Å². The van der Waals surface area contributed by atoms with Crippen LogP contribution in [0.2, 0.25) is 0 Å². The lowest BCUT2D eigenvalue weighted by Crippen LogP contribution is -2.26. The summed E-state index contributed by atoms with van der Waals surface area (Å²) in [6, 6.07) is 0. The van der Waals surface area contributed by atoms with Crippen molar-refractivity contribution in [3.63, 3.8) is 0 Å². The topological polar surface area (TPSA) is 3.24 Å². The molecule has 0 radical (unpaired) electrons. The summed E-state index contributed by atoms with van der Waals surface area (Å²) < 4.78 is 0. The van der Waals surface area contributed by atoms with Gasteiger partial charge in [0.25, 0.3) is 0 Å². The maximum atomic E-state index is 4.06. The van der Waals surface area contributed by atoms with Crippen LogP contribution in [0.4, 0.5) is 0 Å². The third-order valence-electron chi connectivity index (χ3n) is 2.47. The van der Waals surface area contributed by atoms with Crippen molar-refractivity contribution in [3.05, 3.63) is 12.3 Å². The zero-order valence-electron chi connectivity index (χ0n) is 9.06. The maximum absolute atomic E-state index is 4.06. The summed E-state index contributed by atoms with van der Waals surface area (Å²) in [6.07, 6.45) is 2.33. The Morgan fingerprint density at radius 1 is 1.33 bits per heavy atom. The van der Waals surface area contributed by atoms with Gasteiger partial charge in [0.2, 0.25) is 0 Å². The van der Waals surface area contributed by atoms with Crippen LogP contribution >= 0.6 is 0 Å². The maximum Gasteiger partial charge on any atom is 0.0200 e. The summed E-state index contributed by atoms with van der Waals surface area (Å²) >= 11 is 0. The van der Waals surface area contributed by atoms with Gasteiger partial charge in [-0.1, -0.05) is 33.8 Å². The van der Waals surface area contributed by atoms with Gasteiger partial charge in [0.15, 0.2) is 0 Å². The molecule has 1 atom stereocenters.